The highest BCUT2D eigenvalue weighted by Gasteiger charge is 2.17. The molecule has 0 aliphatic heterocycles. The first-order valence-corrected chi connectivity index (χ1v) is 9.18. The lowest BCUT2D eigenvalue weighted by atomic mass is 10.0. The minimum absolute atomic E-state index is 0.206. The Bertz CT molecular complexity index is 1270. The maximum absolute atomic E-state index is 12.8. The number of para-hydroxylation sites is 1. The summed E-state index contributed by atoms with van der Waals surface area (Å²) in [4.78, 5) is 37.5. The van der Waals surface area contributed by atoms with Crippen molar-refractivity contribution >= 4 is 40.1 Å². The number of rotatable bonds is 5. The Morgan fingerprint density at radius 1 is 0.966 bits per heavy atom. The number of hydrogen-bond acceptors (Lipinski definition) is 4. The van der Waals surface area contributed by atoms with E-state index in [0.717, 1.165) is 0 Å². The van der Waals surface area contributed by atoms with Crippen LogP contribution in [0.2, 0.25) is 5.02 Å². The van der Waals surface area contributed by atoms with Crippen molar-refractivity contribution in [3.05, 3.63) is 99.5 Å². The first-order valence-electron chi connectivity index (χ1n) is 8.80. The molecule has 0 radical (unpaired) electrons. The number of oxazole rings is 1. The molecule has 144 valence electrons. The summed E-state index contributed by atoms with van der Waals surface area (Å²) in [6, 6.07) is 20.3. The van der Waals surface area contributed by atoms with E-state index in [-0.39, 0.29) is 12.3 Å². The number of anilines is 1. The summed E-state index contributed by atoms with van der Waals surface area (Å²) in [6.45, 7) is -0.263. The normalized spacial score (nSPS) is 10.8. The lowest BCUT2D eigenvalue weighted by Gasteiger charge is -2.11. The molecule has 29 heavy (non-hydrogen) atoms. The van der Waals surface area contributed by atoms with Gasteiger partial charge in [-0.05, 0) is 24.3 Å². The van der Waals surface area contributed by atoms with Crippen LogP contribution in [0.25, 0.3) is 11.1 Å². The van der Waals surface area contributed by atoms with Crippen molar-refractivity contribution in [1.29, 1.82) is 0 Å². The molecule has 0 fully saturated rings. The zero-order valence-electron chi connectivity index (χ0n) is 15.1. The minimum Gasteiger partial charge on any atom is -0.408 e. The lowest BCUT2D eigenvalue weighted by Crippen LogP contribution is -2.25. The smallest absolute Gasteiger partial charge is 0.408 e. The van der Waals surface area contributed by atoms with E-state index >= 15 is 0 Å². The number of carbonyl (C=O) groups is 2. The number of aromatic nitrogens is 1. The van der Waals surface area contributed by atoms with E-state index < -0.39 is 11.7 Å². The zero-order valence-corrected chi connectivity index (χ0v) is 15.8. The first kappa shape index (κ1) is 18.7. The molecule has 0 aliphatic rings. The van der Waals surface area contributed by atoms with Crippen molar-refractivity contribution in [3.8, 4) is 0 Å². The Morgan fingerprint density at radius 2 is 1.69 bits per heavy atom. The van der Waals surface area contributed by atoms with E-state index in [9.17, 15) is 14.4 Å². The van der Waals surface area contributed by atoms with Crippen LogP contribution in [0.1, 0.15) is 15.9 Å². The Labute approximate surface area is 170 Å². The van der Waals surface area contributed by atoms with Crippen molar-refractivity contribution in [3.63, 3.8) is 0 Å². The van der Waals surface area contributed by atoms with E-state index in [1.165, 1.54) is 10.6 Å². The molecule has 0 aliphatic carbocycles. The third-order valence-corrected chi connectivity index (χ3v) is 4.65. The summed E-state index contributed by atoms with van der Waals surface area (Å²) in [5.41, 5.74) is 2.01. The van der Waals surface area contributed by atoms with E-state index in [2.05, 4.69) is 5.32 Å². The summed E-state index contributed by atoms with van der Waals surface area (Å²) in [6.07, 6.45) is 0. The zero-order chi connectivity index (χ0) is 20.4. The van der Waals surface area contributed by atoms with Crippen LogP contribution in [-0.2, 0) is 11.3 Å². The van der Waals surface area contributed by atoms with E-state index in [1.807, 2.05) is 6.07 Å². The minimum atomic E-state index is -0.661. The molecular weight excluding hydrogens is 392 g/mol. The van der Waals surface area contributed by atoms with Gasteiger partial charge < -0.3 is 9.73 Å². The molecule has 1 aromatic heterocycles. The quantitative estimate of drug-likeness (QED) is 0.505. The van der Waals surface area contributed by atoms with Crippen molar-refractivity contribution in [2.24, 2.45) is 0 Å². The van der Waals surface area contributed by atoms with Gasteiger partial charge in [0.25, 0.3) is 0 Å². The van der Waals surface area contributed by atoms with Gasteiger partial charge in [0, 0.05) is 22.2 Å². The Kier molecular flexibility index (Phi) is 5.01. The van der Waals surface area contributed by atoms with Crippen LogP contribution in [-0.4, -0.2) is 16.3 Å². The molecular formula is C22H15ClN2O4. The third kappa shape index (κ3) is 3.83. The number of nitrogens with zero attached hydrogens (tertiary/aromatic N) is 1. The number of ketones is 1. The van der Waals surface area contributed by atoms with Crippen molar-refractivity contribution in [1.82, 2.24) is 4.57 Å². The summed E-state index contributed by atoms with van der Waals surface area (Å²) < 4.78 is 6.35. The van der Waals surface area contributed by atoms with Crippen molar-refractivity contribution in [2.45, 2.75) is 6.54 Å². The molecule has 1 heterocycles. The highest BCUT2D eigenvalue weighted by molar-refractivity contribution is 6.31. The second-order valence-corrected chi connectivity index (χ2v) is 6.79. The van der Waals surface area contributed by atoms with Gasteiger partial charge in [-0.1, -0.05) is 54.1 Å². The maximum atomic E-state index is 12.8. The highest BCUT2D eigenvalue weighted by Crippen LogP contribution is 2.21. The molecule has 3 aromatic carbocycles. The predicted octanol–water partition coefficient (Wildman–Crippen LogP) is 4.12. The fourth-order valence-electron chi connectivity index (χ4n) is 3.06. The van der Waals surface area contributed by atoms with Crippen LogP contribution in [0.4, 0.5) is 5.69 Å². The molecule has 0 saturated carbocycles. The van der Waals surface area contributed by atoms with Crippen LogP contribution in [0.3, 0.4) is 0 Å². The van der Waals surface area contributed by atoms with E-state index in [4.69, 9.17) is 16.0 Å². The number of amides is 1. The number of hydrogen-bond donors (Lipinski definition) is 1. The third-order valence-electron chi connectivity index (χ3n) is 4.41. The van der Waals surface area contributed by atoms with Gasteiger partial charge in [-0.2, -0.15) is 0 Å². The standard InChI is InChI=1S/C22H15ClN2O4/c23-15-10-11-18-19(12-15)29-22(28)25(18)13-20(26)24-17-9-5-4-8-16(17)21(27)14-6-2-1-3-7-14/h1-12H,13H2,(H,24,26). The average molecular weight is 407 g/mol. The van der Waals surface area contributed by atoms with Gasteiger partial charge in [0.1, 0.15) is 6.54 Å². The Hall–Kier alpha value is -3.64. The molecule has 0 saturated heterocycles. The number of carbonyl (C=O) groups excluding carboxylic acids is 2. The molecule has 4 rings (SSSR count). The summed E-state index contributed by atoms with van der Waals surface area (Å²) >= 11 is 5.91. The van der Waals surface area contributed by atoms with E-state index in [0.29, 0.717) is 32.9 Å². The molecule has 4 aromatic rings. The van der Waals surface area contributed by atoms with Gasteiger partial charge in [0.05, 0.1) is 11.2 Å². The van der Waals surface area contributed by atoms with Gasteiger partial charge in [-0.15, -0.1) is 0 Å². The van der Waals surface area contributed by atoms with Gasteiger partial charge >= 0.3 is 5.76 Å². The SMILES string of the molecule is O=C(Cn1c(=O)oc2cc(Cl)ccc21)Nc1ccccc1C(=O)c1ccccc1. The van der Waals surface area contributed by atoms with Gasteiger partial charge in [-0.25, -0.2) is 4.79 Å². The fourth-order valence-corrected chi connectivity index (χ4v) is 3.22. The Balaban J connectivity index is 1.60. The summed E-state index contributed by atoms with van der Waals surface area (Å²) in [5, 5.41) is 3.14. The van der Waals surface area contributed by atoms with Crippen molar-refractivity contribution in [2.75, 3.05) is 5.32 Å². The topological polar surface area (TPSA) is 81.3 Å². The monoisotopic (exact) mass is 406 g/mol. The summed E-state index contributed by atoms with van der Waals surface area (Å²) in [5.74, 6) is -1.33. The first-order chi connectivity index (χ1) is 14.0. The van der Waals surface area contributed by atoms with Gasteiger partial charge in [0.2, 0.25) is 5.91 Å². The number of fused-ring (bicyclic) bond motifs is 1. The fraction of sp³-hybridized carbons (Fsp3) is 0.0455. The van der Waals surface area contributed by atoms with Crippen LogP contribution in [0.15, 0.2) is 82.0 Å². The maximum Gasteiger partial charge on any atom is 0.420 e. The van der Waals surface area contributed by atoms with Crippen LogP contribution in [0.5, 0.6) is 0 Å². The molecule has 0 atom stereocenters. The lowest BCUT2D eigenvalue weighted by molar-refractivity contribution is -0.116. The predicted molar refractivity (Wildman–Crippen MR) is 110 cm³/mol. The van der Waals surface area contributed by atoms with E-state index in [1.54, 1.807) is 60.7 Å². The second kappa shape index (κ2) is 7.77. The summed E-state index contributed by atoms with van der Waals surface area (Å²) in [7, 11) is 0. The molecule has 1 N–H and O–H groups in total. The van der Waals surface area contributed by atoms with Crippen LogP contribution < -0.4 is 11.1 Å². The molecule has 0 spiro atoms. The number of halogens is 1. The number of nitrogens with one attached hydrogen (secondary N) is 1. The van der Waals surface area contributed by atoms with Gasteiger partial charge in [-0.3, -0.25) is 14.2 Å². The number of benzene rings is 3. The Morgan fingerprint density at radius 3 is 2.48 bits per heavy atom. The molecule has 6 nitrogen and oxygen atoms in total. The van der Waals surface area contributed by atoms with Gasteiger partial charge in [0.15, 0.2) is 11.4 Å². The molecule has 0 bridgehead atoms. The molecule has 7 heteroatoms. The molecule has 0 unspecified atom stereocenters. The highest BCUT2D eigenvalue weighted by atomic mass is 35.5. The molecule has 1 amide bonds. The second-order valence-electron chi connectivity index (χ2n) is 6.36. The largest absolute Gasteiger partial charge is 0.420 e. The van der Waals surface area contributed by atoms with Crippen molar-refractivity contribution < 1.29 is 14.0 Å². The van der Waals surface area contributed by atoms with Crippen LogP contribution in [0, 0.1) is 0 Å². The average Bonchev–Trinajstić information content (AvgIpc) is 3.02. The van der Waals surface area contributed by atoms with Crippen LogP contribution >= 0.6 is 11.6 Å².